The van der Waals surface area contributed by atoms with Gasteiger partial charge in [0.1, 0.15) is 0 Å². The summed E-state index contributed by atoms with van der Waals surface area (Å²) in [5.74, 6) is -1.17. The number of carboxylic acids is 1. The lowest BCUT2D eigenvalue weighted by Gasteiger charge is -2.04. The summed E-state index contributed by atoms with van der Waals surface area (Å²) >= 11 is 0. The Bertz CT molecular complexity index is 354. The molecule has 0 radical (unpaired) electrons. The van der Waals surface area contributed by atoms with Crippen LogP contribution in [0.5, 0.6) is 5.88 Å². The van der Waals surface area contributed by atoms with Crippen molar-refractivity contribution in [1.29, 1.82) is 0 Å². The van der Waals surface area contributed by atoms with E-state index in [1.165, 1.54) is 13.2 Å². The Morgan fingerprint density at radius 2 is 2.14 bits per heavy atom. The summed E-state index contributed by atoms with van der Waals surface area (Å²) < 4.78 is 4.70. The van der Waals surface area contributed by atoms with Gasteiger partial charge in [-0.15, -0.1) is 0 Å². The van der Waals surface area contributed by atoms with Gasteiger partial charge in [-0.1, -0.05) is 0 Å². The van der Waals surface area contributed by atoms with Crippen molar-refractivity contribution in [3.63, 3.8) is 0 Å². The molecular formula is C7H8BNO5. The fraction of sp³-hybridized carbons (Fsp3) is 0.143. The van der Waals surface area contributed by atoms with E-state index in [4.69, 9.17) is 19.9 Å². The third-order valence-corrected chi connectivity index (χ3v) is 1.54. The Morgan fingerprint density at radius 1 is 1.50 bits per heavy atom. The van der Waals surface area contributed by atoms with Crippen LogP contribution >= 0.6 is 0 Å². The van der Waals surface area contributed by atoms with Crippen LogP contribution in [0.1, 0.15) is 10.4 Å². The predicted octanol–water partition coefficient (Wildman–Crippen LogP) is -1.53. The lowest BCUT2D eigenvalue weighted by atomic mass is 9.85. The van der Waals surface area contributed by atoms with Crippen LogP contribution in [-0.4, -0.2) is 40.3 Å². The molecule has 0 aliphatic carbocycles. The standard InChI is InChI=1S/C7H8BNO5/c1-14-6-3-4(7(10)11)2-5(9-6)8(12)13/h2-3,12-13H,1H3,(H,10,11). The van der Waals surface area contributed by atoms with Crippen LogP contribution in [0.15, 0.2) is 12.1 Å². The quantitative estimate of drug-likeness (QED) is 0.508. The number of carboxylic acid groups (broad SMARTS) is 1. The maximum atomic E-state index is 10.6. The molecule has 0 amide bonds. The van der Waals surface area contributed by atoms with E-state index < -0.39 is 13.1 Å². The highest BCUT2D eigenvalue weighted by Gasteiger charge is 2.17. The van der Waals surface area contributed by atoms with Crippen molar-refractivity contribution in [1.82, 2.24) is 4.98 Å². The van der Waals surface area contributed by atoms with Crippen LogP contribution in [0, 0.1) is 0 Å². The van der Waals surface area contributed by atoms with Gasteiger partial charge in [0.05, 0.1) is 18.3 Å². The lowest BCUT2D eigenvalue weighted by molar-refractivity contribution is 0.0696. The highest BCUT2D eigenvalue weighted by Crippen LogP contribution is 2.07. The average molecular weight is 197 g/mol. The molecule has 74 valence electrons. The molecule has 7 heteroatoms. The van der Waals surface area contributed by atoms with E-state index in [1.807, 2.05) is 0 Å². The van der Waals surface area contributed by atoms with Gasteiger partial charge in [-0.25, -0.2) is 9.78 Å². The van der Waals surface area contributed by atoms with Crippen molar-refractivity contribution in [2.75, 3.05) is 7.11 Å². The fourth-order valence-electron chi connectivity index (χ4n) is 0.886. The first kappa shape index (κ1) is 10.5. The molecule has 0 fully saturated rings. The van der Waals surface area contributed by atoms with Crippen LogP contribution in [0.4, 0.5) is 0 Å². The van der Waals surface area contributed by atoms with Gasteiger partial charge in [0, 0.05) is 6.07 Å². The predicted molar refractivity (Wildman–Crippen MR) is 47.6 cm³/mol. The summed E-state index contributed by atoms with van der Waals surface area (Å²) in [6, 6.07) is 2.25. The van der Waals surface area contributed by atoms with E-state index in [0.717, 1.165) is 6.07 Å². The normalized spacial score (nSPS) is 9.64. The second-order valence-corrected chi connectivity index (χ2v) is 2.50. The molecule has 1 aromatic rings. The molecule has 0 bridgehead atoms. The van der Waals surface area contributed by atoms with Crippen LogP contribution in [0.2, 0.25) is 0 Å². The Balaban J connectivity index is 3.20. The SMILES string of the molecule is COc1cc(C(=O)O)cc(B(O)O)n1. The molecule has 1 heterocycles. The zero-order valence-corrected chi connectivity index (χ0v) is 7.34. The molecule has 14 heavy (non-hydrogen) atoms. The maximum Gasteiger partial charge on any atom is 0.508 e. The van der Waals surface area contributed by atoms with Crippen LogP contribution < -0.4 is 10.3 Å². The van der Waals surface area contributed by atoms with Gasteiger partial charge >= 0.3 is 13.1 Å². The van der Waals surface area contributed by atoms with E-state index in [2.05, 4.69) is 4.98 Å². The van der Waals surface area contributed by atoms with Crippen molar-refractivity contribution < 1.29 is 24.7 Å². The smallest absolute Gasteiger partial charge is 0.481 e. The van der Waals surface area contributed by atoms with Gasteiger partial charge in [0.15, 0.2) is 0 Å². The zero-order chi connectivity index (χ0) is 10.7. The van der Waals surface area contributed by atoms with Crippen molar-refractivity contribution in [3.05, 3.63) is 17.7 Å². The molecule has 0 spiro atoms. The second kappa shape index (κ2) is 4.08. The third-order valence-electron chi connectivity index (χ3n) is 1.54. The summed E-state index contributed by atoms with van der Waals surface area (Å²) in [6.07, 6.45) is 0. The first-order valence-corrected chi connectivity index (χ1v) is 3.70. The first-order chi connectivity index (χ1) is 6.54. The third kappa shape index (κ3) is 2.21. The number of pyridine rings is 1. The summed E-state index contributed by atoms with van der Waals surface area (Å²) in [5, 5.41) is 26.3. The van der Waals surface area contributed by atoms with Crippen LogP contribution in [0.3, 0.4) is 0 Å². The molecule has 1 aromatic heterocycles. The number of aromatic carboxylic acids is 1. The van der Waals surface area contributed by atoms with Crippen molar-refractivity contribution in [3.8, 4) is 5.88 Å². The van der Waals surface area contributed by atoms with Gasteiger partial charge in [-0.05, 0) is 6.07 Å². The highest BCUT2D eigenvalue weighted by atomic mass is 16.5. The summed E-state index contributed by atoms with van der Waals surface area (Å²) in [4.78, 5) is 14.2. The number of ether oxygens (including phenoxy) is 1. The minimum absolute atomic E-state index is 0.0213. The monoisotopic (exact) mass is 197 g/mol. The molecule has 0 aliphatic rings. The summed E-state index contributed by atoms with van der Waals surface area (Å²) in [5.41, 5.74) is -0.276. The number of aromatic nitrogens is 1. The fourth-order valence-corrected chi connectivity index (χ4v) is 0.886. The molecule has 0 atom stereocenters. The van der Waals surface area contributed by atoms with Crippen molar-refractivity contribution in [2.45, 2.75) is 0 Å². The number of hydrogen-bond donors (Lipinski definition) is 3. The molecule has 0 aliphatic heterocycles. The molecule has 6 nitrogen and oxygen atoms in total. The molecular weight excluding hydrogens is 189 g/mol. The van der Waals surface area contributed by atoms with E-state index in [0.29, 0.717) is 0 Å². The molecule has 0 saturated carbocycles. The number of methoxy groups -OCH3 is 1. The van der Waals surface area contributed by atoms with E-state index in [1.54, 1.807) is 0 Å². The first-order valence-electron chi connectivity index (χ1n) is 3.70. The van der Waals surface area contributed by atoms with Crippen molar-refractivity contribution in [2.24, 2.45) is 0 Å². The Kier molecular flexibility index (Phi) is 3.05. The van der Waals surface area contributed by atoms with Gasteiger partial charge in [-0.2, -0.15) is 0 Å². The number of rotatable bonds is 3. The minimum atomic E-state index is -1.82. The van der Waals surface area contributed by atoms with Crippen molar-refractivity contribution >= 4 is 18.7 Å². The van der Waals surface area contributed by atoms with E-state index >= 15 is 0 Å². The number of nitrogens with zero attached hydrogens (tertiary/aromatic N) is 1. The Morgan fingerprint density at radius 3 is 2.57 bits per heavy atom. The molecule has 0 aromatic carbocycles. The number of hydrogen-bond acceptors (Lipinski definition) is 5. The average Bonchev–Trinajstić information content (AvgIpc) is 2.16. The molecule has 1 rings (SSSR count). The topological polar surface area (TPSA) is 99.9 Å². The Labute approximate surface area is 79.9 Å². The summed E-state index contributed by atoms with van der Waals surface area (Å²) in [7, 11) is -0.509. The molecule has 3 N–H and O–H groups in total. The van der Waals surface area contributed by atoms with Gasteiger partial charge in [0.25, 0.3) is 0 Å². The lowest BCUT2D eigenvalue weighted by Crippen LogP contribution is -2.33. The van der Waals surface area contributed by atoms with Gasteiger partial charge in [-0.3, -0.25) is 0 Å². The van der Waals surface area contributed by atoms with E-state index in [-0.39, 0.29) is 17.0 Å². The minimum Gasteiger partial charge on any atom is -0.481 e. The zero-order valence-electron chi connectivity index (χ0n) is 7.34. The second-order valence-electron chi connectivity index (χ2n) is 2.50. The maximum absolute atomic E-state index is 10.6. The summed E-state index contributed by atoms with van der Waals surface area (Å²) in [6.45, 7) is 0. The Hall–Kier alpha value is -1.60. The van der Waals surface area contributed by atoms with Crippen LogP contribution in [0.25, 0.3) is 0 Å². The molecule has 0 saturated heterocycles. The number of carbonyl (C=O) groups is 1. The van der Waals surface area contributed by atoms with Gasteiger partial charge in [0.2, 0.25) is 5.88 Å². The molecule has 0 unspecified atom stereocenters. The highest BCUT2D eigenvalue weighted by molar-refractivity contribution is 6.57. The van der Waals surface area contributed by atoms with Crippen LogP contribution in [-0.2, 0) is 0 Å². The largest absolute Gasteiger partial charge is 0.508 e. The van der Waals surface area contributed by atoms with Gasteiger partial charge < -0.3 is 19.9 Å². The van der Waals surface area contributed by atoms with E-state index in [9.17, 15) is 4.79 Å².